The Kier molecular flexibility index (Phi) is 5.78. The molecule has 160 valence electrons. The van der Waals surface area contributed by atoms with E-state index in [1.807, 2.05) is 19.2 Å². The summed E-state index contributed by atoms with van der Waals surface area (Å²) in [6.07, 6.45) is 9.11. The standard InChI is InChI=1S/C32H27N/c1-3-4-11-26-20-23-12-5-6-13-24(23)22-31(26)32(33-2)19-18-27-21-25-14-7-8-15-28(25)30-17-10-9-16-29(27)30/h3-17,19-22,33H,1,18H2,2H3/b11-4-,32-19-. The second kappa shape index (κ2) is 9.18. The van der Waals surface area contributed by atoms with E-state index in [0.717, 1.165) is 12.1 Å². The van der Waals surface area contributed by atoms with Crippen LogP contribution in [0.3, 0.4) is 0 Å². The Balaban J connectivity index is 1.63. The first-order valence-corrected chi connectivity index (χ1v) is 11.4. The first kappa shape index (κ1) is 20.8. The van der Waals surface area contributed by atoms with Gasteiger partial charge in [0.2, 0.25) is 0 Å². The number of nitrogens with one attached hydrogen (secondary N) is 1. The molecular weight excluding hydrogens is 398 g/mol. The lowest BCUT2D eigenvalue weighted by Gasteiger charge is -2.14. The molecule has 0 aliphatic carbocycles. The Morgan fingerprint density at radius 3 is 2.12 bits per heavy atom. The summed E-state index contributed by atoms with van der Waals surface area (Å²) in [4.78, 5) is 0. The second-order valence-corrected chi connectivity index (χ2v) is 8.26. The van der Waals surface area contributed by atoms with Gasteiger partial charge in [-0.15, -0.1) is 0 Å². The van der Waals surface area contributed by atoms with Crippen molar-refractivity contribution in [1.29, 1.82) is 0 Å². The van der Waals surface area contributed by atoms with Crippen LogP contribution < -0.4 is 5.32 Å². The van der Waals surface area contributed by atoms with Gasteiger partial charge in [0, 0.05) is 18.3 Å². The molecule has 0 fully saturated rings. The van der Waals surface area contributed by atoms with E-state index in [2.05, 4.69) is 115 Å². The van der Waals surface area contributed by atoms with Crippen LogP contribution in [0.25, 0.3) is 44.1 Å². The molecule has 0 saturated heterocycles. The molecule has 0 aliphatic rings. The van der Waals surface area contributed by atoms with Gasteiger partial charge < -0.3 is 5.32 Å². The summed E-state index contributed by atoms with van der Waals surface area (Å²) >= 11 is 0. The number of allylic oxidation sites excluding steroid dienone is 3. The highest BCUT2D eigenvalue weighted by atomic mass is 14.8. The average Bonchev–Trinajstić information content (AvgIpc) is 2.87. The topological polar surface area (TPSA) is 12.0 Å². The van der Waals surface area contributed by atoms with Crippen molar-refractivity contribution < 1.29 is 0 Å². The third kappa shape index (κ3) is 4.06. The lowest BCUT2D eigenvalue weighted by molar-refractivity contribution is 1.11. The van der Waals surface area contributed by atoms with Gasteiger partial charge in [0.25, 0.3) is 0 Å². The van der Waals surface area contributed by atoms with Crippen molar-refractivity contribution in [2.75, 3.05) is 7.05 Å². The second-order valence-electron chi connectivity index (χ2n) is 8.26. The maximum atomic E-state index is 3.85. The summed E-state index contributed by atoms with van der Waals surface area (Å²) in [6.45, 7) is 3.85. The maximum Gasteiger partial charge on any atom is 0.0380 e. The molecule has 0 heterocycles. The molecule has 0 amide bonds. The minimum absolute atomic E-state index is 0.846. The average molecular weight is 426 g/mol. The molecule has 0 aromatic heterocycles. The van der Waals surface area contributed by atoms with E-state index in [9.17, 15) is 0 Å². The van der Waals surface area contributed by atoms with E-state index in [1.54, 1.807) is 0 Å². The first-order chi connectivity index (χ1) is 16.3. The van der Waals surface area contributed by atoms with Gasteiger partial charge in [-0.1, -0.05) is 110 Å². The number of benzene rings is 5. The van der Waals surface area contributed by atoms with Crippen LogP contribution in [0.5, 0.6) is 0 Å². The first-order valence-electron chi connectivity index (χ1n) is 11.4. The van der Waals surface area contributed by atoms with Gasteiger partial charge in [0.15, 0.2) is 0 Å². The van der Waals surface area contributed by atoms with Crippen molar-refractivity contribution in [3.05, 3.63) is 132 Å². The molecule has 1 N–H and O–H groups in total. The zero-order valence-electron chi connectivity index (χ0n) is 18.9. The number of hydrogen-bond donors (Lipinski definition) is 1. The van der Waals surface area contributed by atoms with E-state index in [-0.39, 0.29) is 0 Å². The number of hydrogen-bond acceptors (Lipinski definition) is 1. The van der Waals surface area contributed by atoms with E-state index in [1.165, 1.54) is 49.0 Å². The Morgan fingerprint density at radius 1 is 0.758 bits per heavy atom. The molecule has 5 aromatic carbocycles. The fourth-order valence-electron chi connectivity index (χ4n) is 4.66. The van der Waals surface area contributed by atoms with Crippen molar-refractivity contribution in [1.82, 2.24) is 5.32 Å². The molecule has 0 aliphatic heterocycles. The lowest BCUT2D eigenvalue weighted by atomic mass is 9.94. The van der Waals surface area contributed by atoms with Crippen LogP contribution in [0.4, 0.5) is 0 Å². The minimum Gasteiger partial charge on any atom is -0.388 e. The predicted molar refractivity (Wildman–Crippen MR) is 145 cm³/mol. The van der Waals surface area contributed by atoms with Crippen LogP contribution in [0.15, 0.2) is 116 Å². The summed E-state index contributed by atoms with van der Waals surface area (Å²) in [6, 6.07) is 32.7. The minimum atomic E-state index is 0.846. The Labute approximate surface area is 195 Å². The van der Waals surface area contributed by atoms with Gasteiger partial charge in [0.1, 0.15) is 0 Å². The fraction of sp³-hybridized carbons (Fsp3) is 0.0625. The highest BCUT2D eigenvalue weighted by Gasteiger charge is 2.09. The van der Waals surface area contributed by atoms with Crippen molar-refractivity contribution >= 4 is 44.1 Å². The summed E-state index contributed by atoms with van der Waals surface area (Å²) < 4.78 is 0. The largest absolute Gasteiger partial charge is 0.388 e. The quantitative estimate of drug-likeness (QED) is 0.214. The van der Waals surface area contributed by atoms with E-state index < -0.39 is 0 Å². The molecule has 0 spiro atoms. The predicted octanol–water partition coefficient (Wildman–Crippen LogP) is 8.15. The molecule has 33 heavy (non-hydrogen) atoms. The van der Waals surface area contributed by atoms with Crippen LogP contribution in [0.2, 0.25) is 0 Å². The lowest BCUT2D eigenvalue weighted by Crippen LogP contribution is -2.07. The van der Waals surface area contributed by atoms with Crippen molar-refractivity contribution in [2.24, 2.45) is 0 Å². The Bertz CT molecular complexity index is 1540. The van der Waals surface area contributed by atoms with Gasteiger partial charge >= 0.3 is 0 Å². The molecule has 5 rings (SSSR count). The Hall–Kier alpha value is -4.10. The van der Waals surface area contributed by atoms with Crippen LogP contribution in [-0.4, -0.2) is 7.05 Å². The van der Waals surface area contributed by atoms with Gasteiger partial charge in [-0.3, -0.25) is 0 Å². The van der Waals surface area contributed by atoms with E-state index >= 15 is 0 Å². The maximum absolute atomic E-state index is 3.85. The smallest absolute Gasteiger partial charge is 0.0380 e. The van der Waals surface area contributed by atoms with Crippen molar-refractivity contribution in [3.8, 4) is 0 Å². The van der Waals surface area contributed by atoms with Crippen LogP contribution in [0, 0.1) is 0 Å². The third-order valence-electron chi connectivity index (χ3n) is 6.27. The van der Waals surface area contributed by atoms with Gasteiger partial charge in [0.05, 0.1) is 0 Å². The van der Waals surface area contributed by atoms with Gasteiger partial charge in [-0.2, -0.15) is 0 Å². The molecule has 1 heteroatoms. The van der Waals surface area contributed by atoms with Gasteiger partial charge in [-0.25, -0.2) is 0 Å². The van der Waals surface area contributed by atoms with Crippen LogP contribution in [-0.2, 0) is 6.42 Å². The summed E-state index contributed by atoms with van der Waals surface area (Å²) in [5, 5.41) is 11.1. The Morgan fingerprint density at radius 2 is 1.39 bits per heavy atom. The van der Waals surface area contributed by atoms with E-state index in [4.69, 9.17) is 0 Å². The number of rotatable bonds is 6. The summed E-state index contributed by atoms with van der Waals surface area (Å²) in [5.74, 6) is 0. The van der Waals surface area contributed by atoms with Crippen molar-refractivity contribution in [2.45, 2.75) is 6.42 Å². The highest BCUT2D eigenvalue weighted by molar-refractivity contribution is 6.09. The summed E-state index contributed by atoms with van der Waals surface area (Å²) in [5.41, 5.74) is 4.83. The zero-order chi connectivity index (χ0) is 22.6. The monoisotopic (exact) mass is 425 g/mol. The molecule has 1 nitrogen and oxygen atoms in total. The number of fused-ring (bicyclic) bond motifs is 4. The van der Waals surface area contributed by atoms with Crippen LogP contribution in [0.1, 0.15) is 16.7 Å². The molecule has 0 radical (unpaired) electrons. The zero-order valence-corrected chi connectivity index (χ0v) is 18.9. The molecule has 0 saturated carbocycles. The fourth-order valence-corrected chi connectivity index (χ4v) is 4.66. The summed E-state index contributed by atoms with van der Waals surface area (Å²) in [7, 11) is 2.00. The molecule has 0 unspecified atom stereocenters. The SMILES string of the molecule is C=C/C=C\c1cc2ccccc2cc1/C(=C/Cc1cc2ccccc2c2ccccc12)NC. The van der Waals surface area contributed by atoms with E-state index in [0.29, 0.717) is 0 Å². The third-order valence-corrected chi connectivity index (χ3v) is 6.27. The van der Waals surface area contributed by atoms with Crippen LogP contribution >= 0.6 is 0 Å². The normalized spacial score (nSPS) is 12.1. The van der Waals surface area contributed by atoms with Gasteiger partial charge in [-0.05, 0) is 62.0 Å². The van der Waals surface area contributed by atoms with Crippen molar-refractivity contribution in [3.63, 3.8) is 0 Å². The molecule has 0 bridgehead atoms. The molecular formula is C32H27N. The molecule has 5 aromatic rings. The molecule has 0 atom stereocenters. The highest BCUT2D eigenvalue weighted by Crippen LogP contribution is 2.30.